The summed E-state index contributed by atoms with van der Waals surface area (Å²) >= 11 is 0. The van der Waals surface area contributed by atoms with Crippen LogP contribution in [0.2, 0.25) is 0 Å². The number of nitrogens with one attached hydrogen (secondary N) is 2. The fourth-order valence-electron chi connectivity index (χ4n) is 4.16. The van der Waals surface area contributed by atoms with Crippen LogP contribution in [0.1, 0.15) is 35.2 Å². The highest BCUT2D eigenvalue weighted by molar-refractivity contribution is 7.89. The van der Waals surface area contributed by atoms with E-state index in [9.17, 15) is 13.2 Å². The number of hydrogen-bond donors (Lipinski definition) is 2. The zero-order valence-electron chi connectivity index (χ0n) is 18.2. The van der Waals surface area contributed by atoms with Crippen molar-refractivity contribution in [3.63, 3.8) is 0 Å². The summed E-state index contributed by atoms with van der Waals surface area (Å²) in [7, 11) is -3.63. The third-order valence-electron chi connectivity index (χ3n) is 6.29. The first-order valence-corrected chi connectivity index (χ1v) is 12.1. The average molecular weight is 451 g/mol. The Balaban J connectivity index is 1.34. The number of rotatable bonds is 5. The molecule has 7 nitrogen and oxygen atoms in total. The fraction of sp³-hybridized carbons (Fsp3) is 0.333. The summed E-state index contributed by atoms with van der Waals surface area (Å²) in [5.74, 6) is -0.245. The maximum absolute atomic E-state index is 12.9. The molecule has 0 atom stereocenters. The molecule has 3 aromatic rings. The third kappa shape index (κ3) is 4.27. The summed E-state index contributed by atoms with van der Waals surface area (Å²) < 4.78 is 27.1. The first kappa shape index (κ1) is 22.1. The molecule has 0 radical (unpaired) electrons. The summed E-state index contributed by atoms with van der Waals surface area (Å²) in [6, 6.07) is 14.0. The molecule has 2 aromatic carbocycles. The highest BCUT2D eigenvalue weighted by atomic mass is 32.2. The van der Waals surface area contributed by atoms with Gasteiger partial charge in [-0.15, -0.1) is 0 Å². The van der Waals surface area contributed by atoms with Crippen LogP contribution in [0, 0.1) is 31.1 Å². The second-order valence-electron chi connectivity index (χ2n) is 8.29. The number of nitrogens with zero attached hydrogens (tertiary/aromatic N) is 2. The third-order valence-corrected chi connectivity index (χ3v) is 8.20. The Labute approximate surface area is 188 Å². The van der Waals surface area contributed by atoms with Gasteiger partial charge in [-0.2, -0.15) is 9.57 Å². The molecule has 0 aliphatic carbocycles. The average Bonchev–Trinajstić information content (AvgIpc) is 3.10. The van der Waals surface area contributed by atoms with Crippen molar-refractivity contribution in [2.24, 2.45) is 5.92 Å². The van der Waals surface area contributed by atoms with Gasteiger partial charge in [0.25, 0.3) is 0 Å². The molecular weight excluding hydrogens is 424 g/mol. The summed E-state index contributed by atoms with van der Waals surface area (Å²) in [5, 5.41) is 13.1. The number of H-pyrrole nitrogens is 1. The molecule has 0 unspecified atom stereocenters. The number of fused-ring (bicyclic) bond motifs is 1. The number of nitriles is 1. The Bertz CT molecular complexity index is 1300. The summed E-state index contributed by atoms with van der Waals surface area (Å²) in [6.07, 6.45) is 0.965. The van der Waals surface area contributed by atoms with Gasteiger partial charge in [0, 0.05) is 42.1 Å². The number of carbonyl (C=O) groups excluding carboxylic acids is 1. The van der Waals surface area contributed by atoms with Crippen molar-refractivity contribution in [3.8, 4) is 6.07 Å². The Morgan fingerprint density at radius 1 is 1.16 bits per heavy atom. The molecule has 8 heteroatoms. The lowest BCUT2D eigenvalue weighted by Gasteiger charge is -2.30. The number of sulfonamides is 1. The van der Waals surface area contributed by atoms with Crippen molar-refractivity contribution in [3.05, 3.63) is 64.8 Å². The zero-order valence-corrected chi connectivity index (χ0v) is 19.0. The second-order valence-corrected chi connectivity index (χ2v) is 10.2. The van der Waals surface area contributed by atoms with E-state index in [1.165, 1.54) is 34.1 Å². The SMILES string of the molecule is Cc1[nH]c2ccc(CNC(=O)C3CCN(S(=O)(=O)c4ccc(C#N)cc4)CC3)cc2c1C. The summed E-state index contributed by atoms with van der Waals surface area (Å²) in [4.78, 5) is 16.2. The van der Waals surface area contributed by atoms with Gasteiger partial charge in [0.1, 0.15) is 0 Å². The normalized spacial score (nSPS) is 15.5. The van der Waals surface area contributed by atoms with Gasteiger partial charge in [-0.05, 0) is 74.2 Å². The molecule has 4 rings (SSSR count). The Hall–Kier alpha value is -3.15. The van der Waals surface area contributed by atoms with Crippen LogP contribution in [0.5, 0.6) is 0 Å². The fourth-order valence-corrected chi connectivity index (χ4v) is 5.63. The van der Waals surface area contributed by atoms with Crippen LogP contribution in [0.4, 0.5) is 0 Å². The number of aromatic amines is 1. The second kappa shape index (κ2) is 8.77. The van der Waals surface area contributed by atoms with Gasteiger partial charge in [-0.25, -0.2) is 8.42 Å². The number of benzene rings is 2. The summed E-state index contributed by atoms with van der Waals surface area (Å²) in [5.41, 5.74) is 4.90. The largest absolute Gasteiger partial charge is 0.358 e. The van der Waals surface area contributed by atoms with Crippen LogP contribution < -0.4 is 5.32 Å². The van der Waals surface area contributed by atoms with E-state index in [4.69, 9.17) is 5.26 Å². The first-order valence-electron chi connectivity index (χ1n) is 10.7. The molecule has 32 heavy (non-hydrogen) atoms. The predicted molar refractivity (Wildman–Crippen MR) is 122 cm³/mol. The Morgan fingerprint density at radius 3 is 2.50 bits per heavy atom. The van der Waals surface area contributed by atoms with Crippen LogP contribution in [-0.2, 0) is 21.4 Å². The quantitative estimate of drug-likeness (QED) is 0.621. The molecule has 1 aliphatic heterocycles. The Kier molecular flexibility index (Phi) is 6.04. The lowest BCUT2D eigenvalue weighted by atomic mass is 9.97. The molecular formula is C24H26N4O3S. The minimum Gasteiger partial charge on any atom is -0.358 e. The van der Waals surface area contributed by atoms with E-state index >= 15 is 0 Å². The van der Waals surface area contributed by atoms with E-state index in [1.54, 1.807) is 0 Å². The van der Waals surface area contributed by atoms with Crippen molar-refractivity contribution in [1.29, 1.82) is 5.26 Å². The molecule has 0 spiro atoms. The van der Waals surface area contributed by atoms with Crippen LogP contribution in [0.15, 0.2) is 47.4 Å². The molecule has 1 aromatic heterocycles. The van der Waals surface area contributed by atoms with Crippen molar-refractivity contribution in [2.75, 3.05) is 13.1 Å². The van der Waals surface area contributed by atoms with E-state index in [0.29, 0.717) is 38.0 Å². The maximum Gasteiger partial charge on any atom is 0.243 e. The van der Waals surface area contributed by atoms with Crippen molar-refractivity contribution in [2.45, 2.75) is 38.1 Å². The van der Waals surface area contributed by atoms with Gasteiger partial charge in [0.05, 0.1) is 16.5 Å². The number of piperidine rings is 1. The molecule has 1 fully saturated rings. The van der Waals surface area contributed by atoms with Crippen LogP contribution in [0.25, 0.3) is 10.9 Å². The number of aromatic nitrogens is 1. The van der Waals surface area contributed by atoms with E-state index in [-0.39, 0.29) is 16.7 Å². The van der Waals surface area contributed by atoms with Crippen molar-refractivity contribution in [1.82, 2.24) is 14.6 Å². The zero-order chi connectivity index (χ0) is 22.9. The molecule has 0 saturated carbocycles. The molecule has 1 amide bonds. The lowest BCUT2D eigenvalue weighted by Crippen LogP contribution is -2.42. The number of aryl methyl sites for hydroxylation is 2. The molecule has 1 aliphatic rings. The van der Waals surface area contributed by atoms with Crippen molar-refractivity contribution >= 4 is 26.8 Å². The van der Waals surface area contributed by atoms with Gasteiger partial charge in [-0.1, -0.05) is 6.07 Å². The Morgan fingerprint density at radius 2 is 1.84 bits per heavy atom. The van der Waals surface area contributed by atoms with Gasteiger partial charge in [0.2, 0.25) is 15.9 Å². The van der Waals surface area contributed by atoms with Crippen LogP contribution in [-0.4, -0.2) is 36.7 Å². The van der Waals surface area contributed by atoms with Crippen LogP contribution >= 0.6 is 0 Å². The standard InChI is InChI=1S/C24H26N4O3S/c1-16-17(2)27-23-8-5-19(13-22(16)23)15-26-24(29)20-9-11-28(12-10-20)32(30,31)21-6-3-18(14-25)4-7-21/h3-8,13,20,27H,9-12,15H2,1-2H3,(H,26,29). The van der Waals surface area contributed by atoms with E-state index in [0.717, 1.165) is 22.2 Å². The highest BCUT2D eigenvalue weighted by Crippen LogP contribution is 2.25. The lowest BCUT2D eigenvalue weighted by molar-refractivity contribution is -0.126. The van der Waals surface area contributed by atoms with E-state index < -0.39 is 10.0 Å². The monoisotopic (exact) mass is 450 g/mol. The molecule has 166 valence electrons. The first-order chi connectivity index (χ1) is 15.3. The van der Waals surface area contributed by atoms with Gasteiger partial charge in [0.15, 0.2) is 0 Å². The summed E-state index contributed by atoms with van der Waals surface area (Å²) in [6.45, 7) is 5.17. The minimum atomic E-state index is -3.63. The van der Waals surface area contributed by atoms with Gasteiger partial charge < -0.3 is 10.3 Å². The molecule has 1 saturated heterocycles. The molecule has 0 bridgehead atoms. The van der Waals surface area contributed by atoms with Gasteiger partial charge >= 0.3 is 0 Å². The van der Waals surface area contributed by atoms with E-state index in [2.05, 4.69) is 23.3 Å². The maximum atomic E-state index is 12.9. The van der Waals surface area contributed by atoms with Crippen LogP contribution in [0.3, 0.4) is 0 Å². The highest BCUT2D eigenvalue weighted by Gasteiger charge is 2.32. The minimum absolute atomic E-state index is 0.0394. The number of carbonyl (C=O) groups is 1. The molecule has 2 heterocycles. The number of hydrogen-bond acceptors (Lipinski definition) is 4. The van der Waals surface area contributed by atoms with Gasteiger partial charge in [-0.3, -0.25) is 4.79 Å². The van der Waals surface area contributed by atoms with E-state index in [1.807, 2.05) is 25.1 Å². The topological polar surface area (TPSA) is 106 Å². The smallest absolute Gasteiger partial charge is 0.243 e. The van der Waals surface area contributed by atoms with Crippen molar-refractivity contribution < 1.29 is 13.2 Å². The molecule has 2 N–H and O–H groups in total. The predicted octanol–water partition coefficient (Wildman–Crippen LogP) is 3.37. The number of amides is 1.